The zero-order valence-electron chi connectivity index (χ0n) is 14.3. The average molecular weight is 410 g/mol. The van der Waals surface area contributed by atoms with Crippen LogP contribution in [0.5, 0.6) is 0 Å². The Kier molecular flexibility index (Phi) is 6.77. The molecule has 3 unspecified atom stereocenters. The van der Waals surface area contributed by atoms with Crippen molar-refractivity contribution in [1.82, 2.24) is 10.6 Å². The van der Waals surface area contributed by atoms with Gasteiger partial charge >= 0.3 is 11.8 Å². The molecule has 27 heavy (non-hydrogen) atoms. The van der Waals surface area contributed by atoms with Gasteiger partial charge in [0.15, 0.2) is 5.11 Å². The number of allylic oxidation sites excluding steroid dienone is 1. The van der Waals surface area contributed by atoms with Crippen LogP contribution in [0.2, 0.25) is 0 Å². The number of hydrogen-bond acceptors (Lipinski definition) is 7. The molecule has 0 fully saturated rings. The summed E-state index contributed by atoms with van der Waals surface area (Å²) in [6.45, 7) is 0. The standard InChI is InChI=1S/C16H18N4O5S2/c1-25-15(21)19-14(26)18-13-9-12(7-8-16(13,17)20(22)23)27(24)10-11-5-3-2-4-6-11/h2-9,13H,10,17H2,1H3,(H2,18,19,21,26). The summed E-state index contributed by atoms with van der Waals surface area (Å²) < 4.78 is 17.0. The minimum Gasteiger partial charge on any atom is -0.453 e. The van der Waals surface area contributed by atoms with Crippen molar-refractivity contribution in [2.75, 3.05) is 7.11 Å². The molecule has 0 radical (unpaired) electrons. The number of ether oxygens (including phenoxy) is 1. The van der Waals surface area contributed by atoms with Gasteiger partial charge in [-0.3, -0.25) is 25.4 Å². The number of hydrogen-bond donors (Lipinski definition) is 3. The van der Waals surface area contributed by atoms with Crippen LogP contribution < -0.4 is 16.4 Å². The van der Waals surface area contributed by atoms with Crippen molar-refractivity contribution in [2.24, 2.45) is 5.73 Å². The second-order valence-corrected chi connectivity index (χ2v) is 7.45. The van der Waals surface area contributed by atoms with Gasteiger partial charge in [-0.25, -0.2) is 4.79 Å². The molecule has 2 rings (SSSR count). The maximum atomic E-state index is 12.6. The molecule has 0 aliphatic heterocycles. The molecule has 0 spiro atoms. The van der Waals surface area contributed by atoms with E-state index in [4.69, 9.17) is 18.0 Å². The third-order valence-electron chi connectivity index (χ3n) is 3.75. The number of nitro groups is 1. The Hall–Kier alpha value is -2.63. The highest BCUT2D eigenvalue weighted by Gasteiger charge is 2.46. The van der Waals surface area contributed by atoms with Crippen LogP contribution in [0, 0.1) is 10.1 Å². The first-order valence-corrected chi connectivity index (χ1v) is 9.41. The Morgan fingerprint density at radius 2 is 2.11 bits per heavy atom. The van der Waals surface area contributed by atoms with Crippen molar-refractivity contribution in [2.45, 2.75) is 17.5 Å². The van der Waals surface area contributed by atoms with Gasteiger partial charge in [0.05, 0.1) is 23.7 Å². The maximum absolute atomic E-state index is 12.6. The predicted octanol–water partition coefficient (Wildman–Crippen LogP) is 0.920. The molecule has 9 nitrogen and oxygen atoms in total. The first kappa shape index (κ1) is 20.7. The van der Waals surface area contributed by atoms with Gasteiger partial charge in [0.1, 0.15) is 6.04 Å². The second-order valence-electron chi connectivity index (χ2n) is 5.59. The molecule has 1 amide bonds. The van der Waals surface area contributed by atoms with Gasteiger partial charge in [0.2, 0.25) is 0 Å². The Bertz CT molecular complexity index is 827. The van der Waals surface area contributed by atoms with Gasteiger partial charge in [-0.2, -0.15) is 0 Å². The monoisotopic (exact) mass is 410 g/mol. The van der Waals surface area contributed by atoms with Gasteiger partial charge < -0.3 is 10.1 Å². The molecule has 0 heterocycles. The highest BCUT2D eigenvalue weighted by Crippen LogP contribution is 2.23. The molecule has 144 valence electrons. The number of benzene rings is 1. The minimum atomic E-state index is -2.03. The molecule has 0 saturated carbocycles. The van der Waals surface area contributed by atoms with E-state index >= 15 is 0 Å². The Balaban J connectivity index is 2.21. The van der Waals surface area contributed by atoms with Crippen LogP contribution in [0.25, 0.3) is 0 Å². The number of carbonyl (C=O) groups is 1. The van der Waals surface area contributed by atoms with Crippen LogP contribution in [0.15, 0.2) is 53.5 Å². The normalized spacial score (nSPS) is 22.3. The smallest absolute Gasteiger partial charge is 0.413 e. The number of rotatable bonds is 5. The summed E-state index contributed by atoms with van der Waals surface area (Å²) in [5, 5.41) is 16.0. The Labute approximate surface area is 163 Å². The summed E-state index contributed by atoms with van der Waals surface area (Å²) in [7, 11) is -0.302. The molecular formula is C16H18N4O5S2. The fourth-order valence-corrected chi connectivity index (χ4v) is 3.67. The topological polar surface area (TPSA) is 137 Å². The molecule has 4 N–H and O–H groups in total. The van der Waals surface area contributed by atoms with E-state index in [9.17, 15) is 19.1 Å². The van der Waals surface area contributed by atoms with Crippen LogP contribution in [0.4, 0.5) is 4.79 Å². The summed E-state index contributed by atoms with van der Waals surface area (Å²) in [5.74, 6) is 0.241. The largest absolute Gasteiger partial charge is 0.453 e. The Morgan fingerprint density at radius 1 is 1.44 bits per heavy atom. The van der Waals surface area contributed by atoms with Crippen molar-refractivity contribution in [3.05, 3.63) is 69.1 Å². The number of carbonyl (C=O) groups excluding carboxylic acids is 1. The molecule has 1 aliphatic rings. The van der Waals surface area contributed by atoms with E-state index in [1.165, 1.54) is 12.2 Å². The first-order valence-electron chi connectivity index (χ1n) is 7.68. The SMILES string of the molecule is COC(=O)NC(=S)NC1C=C(S(=O)Cc2ccccc2)C=CC1(N)[N+](=O)[O-]. The lowest BCUT2D eigenvalue weighted by Gasteiger charge is -2.29. The van der Waals surface area contributed by atoms with E-state index in [1.54, 1.807) is 0 Å². The number of thiocarbonyl (C=S) groups is 1. The first-order chi connectivity index (χ1) is 12.8. The van der Waals surface area contributed by atoms with E-state index in [0.717, 1.165) is 18.7 Å². The lowest BCUT2D eigenvalue weighted by Crippen LogP contribution is -2.63. The molecule has 1 aromatic carbocycles. The average Bonchev–Trinajstić information content (AvgIpc) is 2.64. The van der Waals surface area contributed by atoms with E-state index in [0.29, 0.717) is 4.91 Å². The highest BCUT2D eigenvalue weighted by molar-refractivity contribution is 7.88. The van der Waals surface area contributed by atoms with Crippen molar-refractivity contribution in [3.63, 3.8) is 0 Å². The van der Waals surface area contributed by atoms with Crippen LogP contribution in [0.3, 0.4) is 0 Å². The van der Waals surface area contributed by atoms with Gasteiger partial charge in [0.25, 0.3) is 0 Å². The fourth-order valence-electron chi connectivity index (χ4n) is 2.29. The summed E-state index contributed by atoms with van der Waals surface area (Å²) in [5.41, 5.74) is 4.71. The van der Waals surface area contributed by atoms with Crippen LogP contribution in [-0.2, 0) is 21.3 Å². The molecule has 0 saturated heterocycles. The third kappa shape index (κ3) is 5.18. The quantitative estimate of drug-likeness (QED) is 0.282. The van der Waals surface area contributed by atoms with E-state index in [1.807, 2.05) is 30.3 Å². The van der Waals surface area contributed by atoms with Crippen molar-refractivity contribution in [3.8, 4) is 0 Å². The van der Waals surface area contributed by atoms with Gasteiger partial charge in [0, 0.05) is 15.9 Å². The zero-order chi connectivity index (χ0) is 20.0. The summed E-state index contributed by atoms with van der Waals surface area (Å²) in [6, 6.07) is 8.05. The zero-order valence-corrected chi connectivity index (χ0v) is 15.9. The van der Waals surface area contributed by atoms with Crippen molar-refractivity contribution in [1.29, 1.82) is 0 Å². The second kappa shape index (κ2) is 8.84. The van der Waals surface area contributed by atoms with Gasteiger partial charge in [-0.05, 0) is 29.9 Å². The van der Waals surface area contributed by atoms with Gasteiger partial charge in [-0.1, -0.05) is 30.3 Å². The predicted molar refractivity (Wildman–Crippen MR) is 104 cm³/mol. The van der Waals surface area contributed by atoms with Crippen molar-refractivity contribution >= 4 is 34.2 Å². The fraction of sp³-hybridized carbons (Fsp3) is 0.250. The molecule has 0 bridgehead atoms. The van der Waals surface area contributed by atoms with E-state index < -0.39 is 33.5 Å². The number of amides is 1. The number of nitrogens with two attached hydrogens (primary N) is 1. The summed E-state index contributed by atoms with van der Waals surface area (Å²) >= 11 is 4.95. The number of nitrogens with zero attached hydrogens (tertiary/aromatic N) is 1. The van der Waals surface area contributed by atoms with Crippen LogP contribution in [-0.4, -0.2) is 39.2 Å². The minimum absolute atomic E-state index is 0.205. The van der Waals surface area contributed by atoms with Gasteiger partial charge in [-0.15, -0.1) is 0 Å². The number of nitrogens with one attached hydrogen (secondary N) is 2. The maximum Gasteiger partial charge on any atom is 0.413 e. The van der Waals surface area contributed by atoms with E-state index in [-0.39, 0.29) is 10.9 Å². The molecule has 1 aromatic rings. The van der Waals surface area contributed by atoms with Crippen LogP contribution in [0.1, 0.15) is 5.56 Å². The summed E-state index contributed by atoms with van der Waals surface area (Å²) in [6.07, 6.45) is 3.08. The molecule has 1 aliphatic carbocycles. The molecule has 3 atom stereocenters. The Morgan fingerprint density at radius 3 is 2.70 bits per heavy atom. The summed E-state index contributed by atoms with van der Waals surface area (Å²) in [4.78, 5) is 22.3. The van der Waals surface area contributed by atoms with Crippen LogP contribution >= 0.6 is 12.2 Å². The molecule has 11 heteroatoms. The molecule has 0 aromatic heterocycles. The van der Waals surface area contributed by atoms with E-state index in [2.05, 4.69) is 15.4 Å². The van der Waals surface area contributed by atoms with Crippen molar-refractivity contribution < 1.29 is 18.7 Å². The number of alkyl carbamates (subject to hydrolysis) is 1. The third-order valence-corrected chi connectivity index (χ3v) is 5.36. The highest BCUT2D eigenvalue weighted by atomic mass is 32.2. The molecular weight excluding hydrogens is 392 g/mol. The number of methoxy groups -OCH3 is 1. The lowest BCUT2D eigenvalue weighted by molar-refractivity contribution is -0.556. The lowest BCUT2D eigenvalue weighted by atomic mass is 9.97.